The summed E-state index contributed by atoms with van der Waals surface area (Å²) in [4.78, 5) is 0. The molecule has 0 aromatic carbocycles. The van der Waals surface area contributed by atoms with Crippen molar-refractivity contribution in [3.8, 4) is 0 Å². The fraction of sp³-hybridized carbons (Fsp3) is 1.00. The Bertz CT molecular complexity index is 77.7. The molecule has 0 aliphatic carbocycles. The van der Waals surface area contributed by atoms with Crippen molar-refractivity contribution in [3.05, 3.63) is 0 Å². The molecule has 54 valence electrons. The Kier molecular flexibility index (Phi) is 2.37. The van der Waals surface area contributed by atoms with Gasteiger partial charge in [0.2, 0.25) is 0 Å². The van der Waals surface area contributed by atoms with Crippen LogP contribution in [-0.2, 0) is 0 Å². The van der Waals surface area contributed by atoms with Crippen molar-refractivity contribution in [1.82, 2.24) is 0 Å². The van der Waals surface area contributed by atoms with E-state index in [0.29, 0.717) is 18.4 Å². The zero-order chi connectivity index (χ0) is 7.71. The van der Waals surface area contributed by atoms with Crippen LogP contribution in [-0.4, -0.2) is 46.5 Å². The molecule has 4 N–H and O–H groups in total. The van der Waals surface area contributed by atoms with E-state index in [4.69, 9.17) is 11.7 Å². The molecule has 4 nitrogen and oxygen atoms in total. The lowest BCUT2D eigenvalue weighted by Crippen LogP contribution is -2.65. The maximum atomic E-state index is 5.68. The molecule has 5 heteroatoms. The van der Waals surface area contributed by atoms with Crippen molar-refractivity contribution in [3.63, 3.8) is 0 Å². The second kappa shape index (κ2) is 2.35. The summed E-state index contributed by atoms with van der Waals surface area (Å²) in [6.07, 6.45) is 0. The van der Waals surface area contributed by atoms with E-state index in [9.17, 15) is 0 Å². The van der Waals surface area contributed by atoms with E-state index in [-0.39, 0.29) is 0 Å². The summed E-state index contributed by atoms with van der Waals surface area (Å²) in [6.45, 7) is 0. The minimum Gasteiger partial charge on any atom is -0.251 e. The summed E-state index contributed by atoms with van der Waals surface area (Å²) >= 11 is 0. The second-order valence-electron chi connectivity index (χ2n) is 3.18. The van der Waals surface area contributed by atoms with E-state index in [1.54, 1.807) is 0 Å². The molecule has 0 saturated carbocycles. The first kappa shape index (κ1) is 9.06. The van der Waals surface area contributed by atoms with Gasteiger partial charge in [0.25, 0.3) is 0 Å². The molecule has 0 atom stereocenters. The van der Waals surface area contributed by atoms with Gasteiger partial charge in [0.15, 0.2) is 0 Å². The van der Waals surface area contributed by atoms with Gasteiger partial charge in [0.1, 0.15) is 0 Å². The third-order valence-electron chi connectivity index (χ3n) is 0.515. The standard InChI is InChI=1S/C4H16N4Si/c1-7(2,5)9-8(3,4)6/h5-6H2,1-4H3/q+2. The highest BCUT2D eigenvalue weighted by Crippen LogP contribution is 1.87. The van der Waals surface area contributed by atoms with Crippen molar-refractivity contribution in [2.24, 2.45) is 11.7 Å². The predicted octanol–water partition coefficient (Wildman–Crippen LogP) is -1.58. The summed E-state index contributed by atoms with van der Waals surface area (Å²) in [7, 11) is 8.17. The molecule has 0 saturated heterocycles. The van der Waals surface area contributed by atoms with Gasteiger partial charge in [-0.1, -0.05) is 0 Å². The fourth-order valence-electron chi connectivity index (χ4n) is 0.664. The molecule has 0 aromatic rings. The number of nitrogens with two attached hydrogens (primary N) is 2. The van der Waals surface area contributed by atoms with Gasteiger partial charge in [-0.15, -0.1) is 0 Å². The lowest BCUT2D eigenvalue weighted by molar-refractivity contribution is -0.902. The van der Waals surface area contributed by atoms with E-state index in [0.717, 1.165) is 0 Å². The first-order valence-electron chi connectivity index (χ1n) is 2.75. The van der Waals surface area contributed by atoms with E-state index >= 15 is 0 Å². The highest BCUT2D eigenvalue weighted by molar-refractivity contribution is 6.15. The van der Waals surface area contributed by atoms with Gasteiger partial charge in [-0.25, -0.2) is 0 Å². The van der Waals surface area contributed by atoms with Gasteiger partial charge in [-0.2, -0.15) is 11.7 Å². The van der Waals surface area contributed by atoms with Crippen molar-refractivity contribution < 1.29 is 8.52 Å². The van der Waals surface area contributed by atoms with Gasteiger partial charge in [0, 0.05) is 0 Å². The highest BCUT2D eigenvalue weighted by Gasteiger charge is 2.34. The first-order chi connectivity index (χ1) is 3.71. The minimum atomic E-state index is 0.434. The number of rotatable bonds is 2. The molecule has 0 rings (SSSR count). The topological polar surface area (TPSA) is 52.0 Å². The van der Waals surface area contributed by atoms with Crippen LogP contribution in [0.3, 0.4) is 0 Å². The lowest BCUT2D eigenvalue weighted by Gasteiger charge is -2.25. The molecule has 0 aliphatic rings. The Morgan fingerprint density at radius 3 is 1.11 bits per heavy atom. The zero-order valence-corrected chi connectivity index (χ0v) is 7.55. The molecular formula is C4H16N4Si+2. The normalized spacial score (nSPS) is 14.0. The van der Waals surface area contributed by atoms with Crippen LogP contribution in [0.5, 0.6) is 0 Å². The lowest BCUT2D eigenvalue weighted by atomic mass is 11.2. The maximum Gasteiger partial charge on any atom is 0.802 e. The molecule has 0 spiro atoms. The molecule has 2 radical (unpaired) electrons. The predicted molar refractivity (Wildman–Crippen MR) is 38.3 cm³/mol. The van der Waals surface area contributed by atoms with Crippen LogP contribution in [0, 0.1) is 0 Å². The van der Waals surface area contributed by atoms with Crippen LogP contribution in [0.1, 0.15) is 0 Å². The molecule has 0 fully saturated rings. The van der Waals surface area contributed by atoms with Crippen LogP contribution in [0.15, 0.2) is 0 Å². The van der Waals surface area contributed by atoms with Crippen LogP contribution in [0.2, 0.25) is 0 Å². The van der Waals surface area contributed by atoms with Crippen molar-refractivity contribution in [2.45, 2.75) is 0 Å². The van der Waals surface area contributed by atoms with Gasteiger partial charge >= 0.3 is 9.84 Å². The van der Waals surface area contributed by atoms with E-state index < -0.39 is 0 Å². The molecule has 0 bridgehead atoms. The summed E-state index contributed by atoms with van der Waals surface area (Å²) in [5.74, 6) is 11.4. The van der Waals surface area contributed by atoms with Crippen molar-refractivity contribution >= 4 is 9.84 Å². The summed E-state index contributed by atoms with van der Waals surface area (Å²) in [6, 6.07) is 0. The molecule has 0 aliphatic heterocycles. The molecule has 9 heavy (non-hydrogen) atoms. The zero-order valence-electron chi connectivity index (χ0n) is 6.55. The third kappa shape index (κ3) is 8.06. The summed E-state index contributed by atoms with van der Waals surface area (Å²) in [5.41, 5.74) is 0. The molecule has 0 amide bonds. The Labute approximate surface area is 59.1 Å². The fourth-order valence-corrected chi connectivity index (χ4v) is 1.99. The average molecular weight is 148 g/mol. The van der Waals surface area contributed by atoms with E-state index in [1.807, 2.05) is 28.2 Å². The molecule has 0 aromatic heterocycles. The van der Waals surface area contributed by atoms with Gasteiger partial charge in [-0.3, -0.25) is 8.52 Å². The van der Waals surface area contributed by atoms with Crippen LogP contribution in [0.25, 0.3) is 0 Å². The van der Waals surface area contributed by atoms with E-state index in [1.165, 1.54) is 0 Å². The monoisotopic (exact) mass is 148 g/mol. The number of quaternary nitrogens is 2. The first-order valence-corrected chi connectivity index (χ1v) is 3.65. The SMILES string of the molecule is C[N+](C)(N)[Si][N+](C)(C)N. The van der Waals surface area contributed by atoms with Crippen LogP contribution < -0.4 is 11.7 Å². The van der Waals surface area contributed by atoms with Crippen molar-refractivity contribution in [1.29, 1.82) is 0 Å². The quantitative estimate of drug-likeness (QED) is 0.282. The molecule has 0 unspecified atom stereocenters. The largest absolute Gasteiger partial charge is 0.802 e. The molecule has 0 heterocycles. The minimum absolute atomic E-state index is 0.434. The summed E-state index contributed by atoms with van der Waals surface area (Å²) in [5, 5.41) is 0. The average Bonchev–Trinajstić information content (AvgIpc) is 1.14. The third-order valence-corrected chi connectivity index (χ3v) is 1.55. The van der Waals surface area contributed by atoms with Gasteiger partial charge in [0.05, 0.1) is 28.2 Å². The Morgan fingerprint density at radius 2 is 1.11 bits per heavy atom. The smallest absolute Gasteiger partial charge is 0.251 e. The number of hydrogen-bond donors (Lipinski definition) is 2. The van der Waals surface area contributed by atoms with Gasteiger partial charge < -0.3 is 0 Å². The maximum absolute atomic E-state index is 5.68. The summed E-state index contributed by atoms with van der Waals surface area (Å²) < 4.78 is 0.868. The highest BCUT2D eigenvalue weighted by atomic mass is 28.2. The number of hydrogen-bond acceptors (Lipinski definition) is 2. The second-order valence-corrected chi connectivity index (χ2v) is 5.69. The van der Waals surface area contributed by atoms with E-state index in [2.05, 4.69) is 0 Å². The Morgan fingerprint density at radius 1 is 0.889 bits per heavy atom. The van der Waals surface area contributed by atoms with Crippen LogP contribution >= 0.6 is 0 Å². The Hall–Kier alpha value is 0.0569. The molecular weight excluding hydrogens is 132 g/mol. The number of nitrogens with zero attached hydrogens (tertiary/aromatic N) is 2. The Balaban J connectivity index is 3.75. The van der Waals surface area contributed by atoms with Crippen molar-refractivity contribution in [2.75, 3.05) is 28.2 Å². The van der Waals surface area contributed by atoms with Gasteiger partial charge in [-0.05, 0) is 0 Å². The van der Waals surface area contributed by atoms with Crippen LogP contribution in [0.4, 0.5) is 0 Å².